The second kappa shape index (κ2) is 8.30. The third-order valence-corrected chi connectivity index (χ3v) is 7.14. The van der Waals surface area contributed by atoms with Gasteiger partial charge in [0.25, 0.3) is 0 Å². The molecule has 2 atom stereocenters. The van der Waals surface area contributed by atoms with Crippen LogP contribution in [0.25, 0.3) is 0 Å². The Hall–Kier alpha value is -2.54. The number of terminal acetylenes is 1. The molecule has 2 heterocycles. The molecule has 2 aliphatic rings. The molecule has 2 aliphatic heterocycles. The van der Waals surface area contributed by atoms with Crippen LogP contribution in [0.3, 0.4) is 0 Å². The van der Waals surface area contributed by atoms with Crippen LogP contribution in [0.5, 0.6) is 0 Å². The van der Waals surface area contributed by atoms with Gasteiger partial charge in [0, 0.05) is 25.6 Å². The van der Waals surface area contributed by atoms with E-state index in [0.29, 0.717) is 12.0 Å². The first kappa shape index (κ1) is 22.2. The number of rotatable bonds is 5. The van der Waals surface area contributed by atoms with Gasteiger partial charge in [0.05, 0.1) is 29.5 Å². The number of alkyl halides is 3. The summed E-state index contributed by atoms with van der Waals surface area (Å²) < 4.78 is 62.2. The fraction of sp³-hybridized carbons (Fsp3) is 0.500. The molecule has 0 bridgehead atoms. The van der Waals surface area contributed by atoms with E-state index in [4.69, 9.17) is 6.42 Å². The van der Waals surface area contributed by atoms with E-state index in [1.807, 2.05) is 0 Å². The summed E-state index contributed by atoms with van der Waals surface area (Å²) in [6.07, 6.45) is 1.07. The zero-order chi connectivity index (χ0) is 22.1. The number of likely N-dealkylation sites (tertiary alicyclic amines) is 1. The van der Waals surface area contributed by atoms with Crippen LogP contribution in [0, 0.1) is 18.3 Å². The van der Waals surface area contributed by atoms with Crippen LogP contribution in [0.15, 0.2) is 24.3 Å². The number of halogens is 3. The molecule has 2 fully saturated rings. The average Bonchev–Trinajstić information content (AvgIpc) is 3.21. The quantitative estimate of drug-likeness (QED) is 0.651. The van der Waals surface area contributed by atoms with Gasteiger partial charge in [0.1, 0.15) is 0 Å². The number of benzene rings is 1. The summed E-state index contributed by atoms with van der Waals surface area (Å²) in [6.45, 7) is -0.0503. The normalized spacial score (nSPS) is 23.4. The number of carbonyl (C=O) groups excluding carboxylic acids is 2. The van der Waals surface area contributed by atoms with Crippen LogP contribution in [0.2, 0.25) is 0 Å². The zero-order valence-electron chi connectivity index (χ0n) is 16.1. The molecule has 0 N–H and O–H groups in total. The highest BCUT2D eigenvalue weighted by Crippen LogP contribution is 2.31. The molecule has 10 heteroatoms. The van der Waals surface area contributed by atoms with Gasteiger partial charge in [-0.3, -0.25) is 9.59 Å². The Morgan fingerprint density at radius 2 is 2.07 bits per heavy atom. The Bertz CT molecular complexity index is 985. The van der Waals surface area contributed by atoms with E-state index in [9.17, 15) is 31.2 Å². The molecule has 0 saturated carbocycles. The highest BCUT2D eigenvalue weighted by Gasteiger charge is 2.41. The van der Waals surface area contributed by atoms with Crippen LogP contribution in [-0.2, 0) is 32.1 Å². The zero-order valence-corrected chi connectivity index (χ0v) is 16.9. The number of hydrogen-bond acceptors (Lipinski definition) is 4. The van der Waals surface area contributed by atoms with Gasteiger partial charge in [0.15, 0.2) is 9.84 Å². The first-order valence-electron chi connectivity index (χ1n) is 9.38. The predicted octanol–water partition coefficient (Wildman–Crippen LogP) is 1.70. The van der Waals surface area contributed by atoms with Crippen molar-refractivity contribution >= 4 is 21.7 Å². The van der Waals surface area contributed by atoms with Crippen LogP contribution < -0.4 is 0 Å². The van der Waals surface area contributed by atoms with E-state index in [1.165, 1.54) is 21.9 Å². The monoisotopic (exact) mass is 442 g/mol. The minimum absolute atomic E-state index is 0.0166. The molecule has 162 valence electrons. The van der Waals surface area contributed by atoms with E-state index in [0.717, 1.165) is 12.1 Å². The summed E-state index contributed by atoms with van der Waals surface area (Å²) in [5, 5.41) is 0. The molecule has 2 saturated heterocycles. The van der Waals surface area contributed by atoms with Crippen LogP contribution in [-0.4, -0.2) is 60.7 Å². The highest BCUT2D eigenvalue weighted by atomic mass is 32.2. The molecule has 6 nitrogen and oxygen atoms in total. The summed E-state index contributed by atoms with van der Waals surface area (Å²) in [6, 6.07) is 4.18. The number of sulfone groups is 1. The van der Waals surface area contributed by atoms with E-state index in [1.54, 1.807) is 0 Å². The third kappa shape index (κ3) is 4.95. The largest absolute Gasteiger partial charge is 0.416 e. The minimum atomic E-state index is -4.49. The van der Waals surface area contributed by atoms with Crippen molar-refractivity contribution in [2.24, 2.45) is 5.92 Å². The van der Waals surface area contributed by atoms with Gasteiger partial charge in [-0.2, -0.15) is 13.2 Å². The Balaban J connectivity index is 1.70. The van der Waals surface area contributed by atoms with Gasteiger partial charge < -0.3 is 9.80 Å². The molecule has 0 radical (unpaired) electrons. The van der Waals surface area contributed by atoms with Crippen molar-refractivity contribution in [3.63, 3.8) is 0 Å². The number of hydrogen-bond donors (Lipinski definition) is 0. The lowest BCUT2D eigenvalue weighted by molar-refractivity contribution is -0.138. The van der Waals surface area contributed by atoms with Gasteiger partial charge >= 0.3 is 6.18 Å². The van der Waals surface area contributed by atoms with Crippen LogP contribution in [0.1, 0.15) is 24.0 Å². The number of amides is 2. The SMILES string of the molecule is C#CCN(C(=O)[C@H]1CC(=O)N(Cc2cccc(C(F)(F)F)c2)C1)[C@H]1CCS(=O)(=O)C1. The average molecular weight is 442 g/mol. The van der Waals surface area contributed by atoms with Gasteiger partial charge in [-0.1, -0.05) is 18.1 Å². The summed E-state index contributed by atoms with van der Waals surface area (Å²) >= 11 is 0. The van der Waals surface area contributed by atoms with E-state index >= 15 is 0 Å². The van der Waals surface area contributed by atoms with Crippen molar-refractivity contribution in [2.45, 2.75) is 31.6 Å². The molecule has 0 spiro atoms. The molecule has 1 aromatic rings. The molecule has 2 amide bonds. The summed E-state index contributed by atoms with van der Waals surface area (Å²) in [4.78, 5) is 28.0. The van der Waals surface area contributed by atoms with Crippen molar-refractivity contribution in [1.29, 1.82) is 0 Å². The molecule has 3 rings (SSSR count). The maximum Gasteiger partial charge on any atom is 0.416 e. The van der Waals surface area contributed by atoms with Crippen molar-refractivity contribution in [1.82, 2.24) is 9.80 Å². The van der Waals surface area contributed by atoms with Crippen molar-refractivity contribution in [3.05, 3.63) is 35.4 Å². The van der Waals surface area contributed by atoms with E-state index in [2.05, 4.69) is 5.92 Å². The molecule has 0 unspecified atom stereocenters. The van der Waals surface area contributed by atoms with Crippen LogP contribution >= 0.6 is 0 Å². The first-order valence-corrected chi connectivity index (χ1v) is 11.2. The summed E-state index contributed by atoms with van der Waals surface area (Å²) in [7, 11) is -3.23. The Morgan fingerprint density at radius 3 is 2.67 bits per heavy atom. The minimum Gasteiger partial charge on any atom is -0.338 e. The summed E-state index contributed by atoms with van der Waals surface area (Å²) in [5.41, 5.74) is -0.490. The van der Waals surface area contributed by atoms with Gasteiger partial charge in [0.2, 0.25) is 11.8 Å². The number of nitrogens with zero attached hydrogens (tertiary/aromatic N) is 2. The molecule has 1 aromatic carbocycles. The van der Waals surface area contributed by atoms with E-state index < -0.39 is 39.4 Å². The fourth-order valence-corrected chi connectivity index (χ4v) is 5.63. The van der Waals surface area contributed by atoms with Gasteiger partial charge in [-0.05, 0) is 24.1 Å². The molecule has 0 aliphatic carbocycles. The van der Waals surface area contributed by atoms with Gasteiger partial charge in [-0.25, -0.2) is 8.42 Å². The van der Waals surface area contributed by atoms with Crippen molar-refractivity contribution in [3.8, 4) is 12.3 Å². The van der Waals surface area contributed by atoms with Gasteiger partial charge in [-0.15, -0.1) is 6.42 Å². The lowest BCUT2D eigenvalue weighted by atomic mass is 10.1. The first-order chi connectivity index (χ1) is 14.0. The summed E-state index contributed by atoms with van der Waals surface area (Å²) in [5.74, 6) is 0.746. The Morgan fingerprint density at radius 1 is 1.33 bits per heavy atom. The topological polar surface area (TPSA) is 74.8 Å². The maximum absolute atomic E-state index is 13.0. The van der Waals surface area contributed by atoms with Crippen molar-refractivity contribution in [2.75, 3.05) is 24.6 Å². The molecule has 0 aromatic heterocycles. The smallest absolute Gasteiger partial charge is 0.338 e. The molecular weight excluding hydrogens is 421 g/mol. The number of carbonyl (C=O) groups is 2. The lowest BCUT2D eigenvalue weighted by Gasteiger charge is -2.28. The van der Waals surface area contributed by atoms with E-state index in [-0.39, 0.29) is 43.5 Å². The maximum atomic E-state index is 13.0. The molecular formula is C20H21F3N2O4S. The lowest BCUT2D eigenvalue weighted by Crippen LogP contribution is -2.45. The Kier molecular flexibility index (Phi) is 6.13. The Labute approximate surface area is 172 Å². The predicted molar refractivity (Wildman–Crippen MR) is 103 cm³/mol. The van der Waals surface area contributed by atoms with Crippen LogP contribution in [0.4, 0.5) is 13.2 Å². The van der Waals surface area contributed by atoms with Crippen molar-refractivity contribution < 1.29 is 31.2 Å². The highest BCUT2D eigenvalue weighted by molar-refractivity contribution is 7.91. The third-order valence-electron chi connectivity index (χ3n) is 5.39. The standard InChI is InChI=1S/C20H21F3N2O4S/c1-2-7-25(17-6-8-30(28,29)13-17)19(27)15-10-18(26)24(12-15)11-14-4-3-5-16(9-14)20(21,22)23/h1,3-5,9,15,17H,6-8,10-13H2/t15-,17-/m0/s1. The molecule has 30 heavy (non-hydrogen) atoms. The second-order valence-corrected chi connectivity index (χ2v) is 9.83. The fourth-order valence-electron chi connectivity index (χ4n) is 3.90. The second-order valence-electron chi connectivity index (χ2n) is 7.60.